The SMILES string of the molecule is CCOCCCCNC(=NC)NCCc1c(C)nn(C)c1C.I. The maximum atomic E-state index is 5.32. The second kappa shape index (κ2) is 12.6. The summed E-state index contributed by atoms with van der Waals surface area (Å²) in [7, 11) is 3.79. The summed E-state index contributed by atoms with van der Waals surface area (Å²) in [6, 6.07) is 0. The summed E-state index contributed by atoms with van der Waals surface area (Å²) in [6.07, 6.45) is 3.12. The highest BCUT2D eigenvalue weighted by molar-refractivity contribution is 14.0. The van der Waals surface area contributed by atoms with Gasteiger partial charge in [0.1, 0.15) is 0 Å². The van der Waals surface area contributed by atoms with E-state index in [1.807, 2.05) is 18.7 Å². The van der Waals surface area contributed by atoms with Crippen LogP contribution in [0.2, 0.25) is 0 Å². The molecule has 0 fully saturated rings. The Kier molecular flexibility index (Phi) is 12.1. The molecule has 1 rings (SSSR count). The molecule has 0 aromatic carbocycles. The first-order chi connectivity index (χ1) is 10.6. The third-order valence-corrected chi connectivity index (χ3v) is 3.76. The Hall–Kier alpha value is -0.830. The Labute approximate surface area is 157 Å². The van der Waals surface area contributed by atoms with Crippen LogP contribution in [-0.2, 0) is 18.2 Å². The van der Waals surface area contributed by atoms with Crippen LogP contribution >= 0.6 is 24.0 Å². The summed E-state index contributed by atoms with van der Waals surface area (Å²) >= 11 is 0. The van der Waals surface area contributed by atoms with E-state index in [4.69, 9.17) is 4.74 Å². The van der Waals surface area contributed by atoms with E-state index in [2.05, 4.69) is 34.6 Å². The first-order valence-electron chi connectivity index (χ1n) is 8.11. The zero-order valence-corrected chi connectivity index (χ0v) is 17.4. The van der Waals surface area contributed by atoms with Gasteiger partial charge in [-0.15, -0.1) is 24.0 Å². The lowest BCUT2D eigenvalue weighted by Crippen LogP contribution is -2.38. The Morgan fingerprint density at radius 1 is 1.22 bits per heavy atom. The van der Waals surface area contributed by atoms with E-state index in [0.717, 1.165) is 57.2 Å². The zero-order valence-electron chi connectivity index (χ0n) is 15.1. The topological polar surface area (TPSA) is 63.5 Å². The predicted octanol–water partition coefficient (Wildman–Crippen LogP) is 2.18. The second-order valence-electron chi connectivity index (χ2n) is 5.35. The predicted molar refractivity (Wildman–Crippen MR) is 107 cm³/mol. The van der Waals surface area contributed by atoms with Gasteiger partial charge in [-0.2, -0.15) is 5.10 Å². The fourth-order valence-electron chi connectivity index (χ4n) is 2.39. The molecule has 0 saturated carbocycles. The van der Waals surface area contributed by atoms with Crippen LogP contribution < -0.4 is 10.6 Å². The molecule has 1 aromatic rings. The lowest BCUT2D eigenvalue weighted by Gasteiger charge is -2.12. The molecule has 134 valence electrons. The quantitative estimate of drug-likeness (QED) is 0.269. The number of guanidine groups is 1. The molecule has 7 heteroatoms. The van der Waals surface area contributed by atoms with Crippen LogP contribution in [-0.4, -0.2) is 49.1 Å². The molecule has 0 saturated heterocycles. The molecular weight excluding hydrogens is 405 g/mol. The van der Waals surface area contributed by atoms with Crippen molar-refractivity contribution < 1.29 is 4.74 Å². The minimum absolute atomic E-state index is 0. The summed E-state index contributed by atoms with van der Waals surface area (Å²) in [6.45, 7) is 9.60. The summed E-state index contributed by atoms with van der Waals surface area (Å²) < 4.78 is 7.26. The third kappa shape index (κ3) is 8.01. The van der Waals surface area contributed by atoms with E-state index in [9.17, 15) is 0 Å². The Bertz CT molecular complexity index is 473. The number of nitrogens with one attached hydrogen (secondary N) is 2. The third-order valence-electron chi connectivity index (χ3n) is 3.76. The van der Waals surface area contributed by atoms with Crippen LogP contribution in [0, 0.1) is 13.8 Å². The van der Waals surface area contributed by atoms with Crippen LogP contribution in [0.4, 0.5) is 0 Å². The average molecular weight is 437 g/mol. The minimum atomic E-state index is 0. The van der Waals surface area contributed by atoms with Gasteiger partial charge in [0.25, 0.3) is 0 Å². The monoisotopic (exact) mass is 437 g/mol. The van der Waals surface area contributed by atoms with Crippen molar-refractivity contribution >= 4 is 29.9 Å². The van der Waals surface area contributed by atoms with Gasteiger partial charge in [-0.3, -0.25) is 9.67 Å². The molecule has 1 aromatic heterocycles. The number of hydrogen-bond donors (Lipinski definition) is 2. The summed E-state index contributed by atoms with van der Waals surface area (Å²) in [4.78, 5) is 4.25. The number of aryl methyl sites for hydroxylation is 2. The number of hydrogen-bond acceptors (Lipinski definition) is 3. The van der Waals surface area contributed by atoms with Crippen molar-refractivity contribution in [2.75, 3.05) is 33.4 Å². The van der Waals surface area contributed by atoms with Crippen LogP contribution in [0.15, 0.2) is 4.99 Å². The smallest absolute Gasteiger partial charge is 0.190 e. The summed E-state index contributed by atoms with van der Waals surface area (Å²) in [5.74, 6) is 0.857. The van der Waals surface area contributed by atoms with Gasteiger partial charge in [0.2, 0.25) is 0 Å². The molecule has 6 nitrogen and oxygen atoms in total. The molecule has 0 atom stereocenters. The van der Waals surface area contributed by atoms with E-state index >= 15 is 0 Å². The molecular formula is C16H32IN5O. The Morgan fingerprint density at radius 3 is 2.48 bits per heavy atom. The molecule has 1 heterocycles. The number of nitrogens with zero attached hydrogens (tertiary/aromatic N) is 3. The summed E-state index contributed by atoms with van der Waals surface area (Å²) in [5, 5.41) is 11.1. The first-order valence-corrected chi connectivity index (χ1v) is 8.11. The van der Waals surface area contributed by atoms with E-state index < -0.39 is 0 Å². The molecule has 0 spiro atoms. The minimum Gasteiger partial charge on any atom is -0.382 e. The number of aromatic nitrogens is 2. The van der Waals surface area contributed by atoms with Crippen LogP contribution in [0.5, 0.6) is 0 Å². The van der Waals surface area contributed by atoms with Crippen molar-refractivity contribution in [3.63, 3.8) is 0 Å². The molecule has 0 radical (unpaired) electrons. The van der Waals surface area contributed by atoms with Gasteiger partial charge in [-0.05, 0) is 45.6 Å². The van der Waals surface area contributed by atoms with Crippen molar-refractivity contribution in [3.05, 3.63) is 17.0 Å². The van der Waals surface area contributed by atoms with Crippen LogP contribution in [0.1, 0.15) is 36.7 Å². The number of halogens is 1. The van der Waals surface area contributed by atoms with Gasteiger partial charge < -0.3 is 15.4 Å². The molecule has 0 aliphatic heterocycles. The van der Waals surface area contributed by atoms with Gasteiger partial charge >= 0.3 is 0 Å². The normalized spacial score (nSPS) is 11.3. The van der Waals surface area contributed by atoms with Crippen molar-refractivity contribution in [1.29, 1.82) is 0 Å². The molecule has 0 amide bonds. The lowest BCUT2D eigenvalue weighted by atomic mass is 10.1. The standard InChI is InChI=1S/C16H31N5O.HI/c1-6-22-12-8-7-10-18-16(17-4)19-11-9-15-13(2)20-21(5)14(15)3;/h6-12H2,1-5H3,(H2,17,18,19);1H. The van der Waals surface area contributed by atoms with E-state index in [0.29, 0.717) is 0 Å². The van der Waals surface area contributed by atoms with Crippen LogP contribution in [0.25, 0.3) is 0 Å². The highest BCUT2D eigenvalue weighted by Crippen LogP contribution is 2.11. The van der Waals surface area contributed by atoms with Gasteiger partial charge in [0.15, 0.2) is 5.96 Å². The molecule has 0 unspecified atom stereocenters. The molecule has 0 bridgehead atoms. The van der Waals surface area contributed by atoms with E-state index in [-0.39, 0.29) is 24.0 Å². The maximum Gasteiger partial charge on any atom is 0.190 e. The Morgan fingerprint density at radius 2 is 1.91 bits per heavy atom. The Balaban J connectivity index is 0.00000484. The highest BCUT2D eigenvalue weighted by atomic mass is 127. The number of rotatable bonds is 9. The van der Waals surface area contributed by atoms with E-state index in [1.165, 1.54) is 11.3 Å². The van der Waals surface area contributed by atoms with Gasteiger partial charge in [-0.1, -0.05) is 0 Å². The van der Waals surface area contributed by atoms with Gasteiger partial charge in [-0.25, -0.2) is 0 Å². The lowest BCUT2D eigenvalue weighted by molar-refractivity contribution is 0.143. The van der Waals surface area contributed by atoms with Crippen molar-refractivity contribution in [2.24, 2.45) is 12.0 Å². The number of ether oxygens (including phenoxy) is 1. The first kappa shape index (κ1) is 22.2. The molecule has 0 aliphatic carbocycles. The van der Waals surface area contributed by atoms with Crippen molar-refractivity contribution in [1.82, 2.24) is 20.4 Å². The fraction of sp³-hybridized carbons (Fsp3) is 0.750. The van der Waals surface area contributed by atoms with Crippen LogP contribution in [0.3, 0.4) is 0 Å². The highest BCUT2D eigenvalue weighted by Gasteiger charge is 2.08. The van der Waals surface area contributed by atoms with Crippen molar-refractivity contribution in [3.8, 4) is 0 Å². The summed E-state index contributed by atoms with van der Waals surface area (Å²) in [5.41, 5.74) is 3.67. The largest absolute Gasteiger partial charge is 0.382 e. The number of unbranched alkanes of at least 4 members (excludes halogenated alkanes) is 1. The molecule has 0 aliphatic rings. The van der Waals surface area contributed by atoms with Gasteiger partial charge in [0.05, 0.1) is 5.69 Å². The molecule has 23 heavy (non-hydrogen) atoms. The van der Waals surface area contributed by atoms with Gasteiger partial charge in [0, 0.05) is 46.1 Å². The zero-order chi connectivity index (χ0) is 16.4. The average Bonchev–Trinajstić information content (AvgIpc) is 2.74. The fourth-order valence-corrected chi connectivity index (χ4v) is 2.39. The van der Waals surface area contributed by atoms with Crippen molar-refractivity contribution in [2.45, 2.75) is 40.0 Å². The van der Waals surface area contributed by atoms with E-state index in [1.54, 1.807) is 7.05 Å². The molecule has 2 N–H and O–H groups in total. The second-order valence-corrected chi connectivity index (χ2v) is 5.35. The number of aliphatic imine (C=N–C) groups is 1. The maximum absolute atomic E-state index is 5.32.